The van der Waals surface area contributed by atoms with E-state index < -0.39 is 0 Å². The molecule has 0 bridgehead atoms. The van der Waals surface area contributed by atoms with Crippen LogP contribution in [0.5, 0.6) is 5.75 Å². The number of rotatable bonds is 5. The van der Waals surface area contributed by atoms with Crippen LogP contribution in [0, 0.1) is 6.92 Å². The van der Waals surface area contributed by atoms with Crippen molar-refractivity contribution in [3.05, 3.63) is 28.8 Å². The second kappa shape index (κ2) is 6.47. The number of nitrogens with zero attached hydrogens (tertiary/aromatic N) is 1. The summed E-state index contributed by atoms with van der Waals surface area (Å²) in [6.45, 7) is 2.27. The van der Waals surface area contributed by atoms with Gasteiger partial charge in [0.05, 0.1) is 13.0 Å². The van der Waals surface area contributed by atoms with Crippen LogP contribution in [0.4, 0.5) is 0 Å². The molecule has 1 rings (SSSR count). The molecular weight excluding hydrogens is 240 g/mol. The number of benzene rings is 1. The summed E-state index contributed by atoms with van der Waals surface area (Å²) in [4.78, 5) is 11.3. The van der Waals surface area contributed by atoms with Crippen LogP contribution in [0.3, 0.4) is 0 Å². The first-order valence-electron chi connectivity index (χ1n) is 5.35. The highest BCUT2D eigenvalue weighted by molar-refractivity contribution is 6.30. The molecule has 0 radical (unpaired) electrons. The molecular formula is C12H17ClN2O2. The van der Waals surface area contributed by atoms with Crippen molar-refractivity contribution in [3.63, 3.8) is 0 Å². The zero-order chi connectivity index (χ0) is 12.8. The third kappa shape index (κ3) is 5.06. The minimum atomic E-state index is -0.0679. The summed E-state index contributed by atoms with van der Waals surface area (Å²) < 4.78 is 5.51. The molecule has 0 aliphatic heterocycles. The van der Waals surface area contributed by atoms with Crippen molar-refractivity contribution < 1.29 is 9.53 Å². The van der Waals surface area contributed by atoms with Gasteiger partial charge in [0.15, 0.2) is 0 Å². The van der Waals surface area contributed by atoms with E-state index in [9.17, 15) is 4.79 Å². The summed E-state index contributed by atoms with van der Waals surface area (Å²) in [6.07, 6.45) is 0.320. The first-order valence-corrected chi connectivity index (χ1v) is 5.72. The highest BCUT2D eigenvalue weighted by atomic mass is 35.5. The second-order valence-electron chi connectivity index (χ2n) is 3.94. The summed E-state index contributed by atoms with van der Waals surface area (Å²) in [7, 11) is 3.53. The van der Waals surface area contributed by atoms with E-state index in [2.05, 4.69) is 5.43 Å². The van der Waals surface area contributed by atoms with Crippen molar-refractivity contribution in [1.29, 1.82) is 0 Å². The van der Waals surface area contributed by atoms with Gasteiger partial charge in [-0.2, -0.15) is 0 Å². The quantitative estimate of drug-likeness (QED) is 0.820. The number of hydrogen-bond acceptors (Lipinski definition) is 3. The molecule has 1 aromatic rings. The Morgan fingerprint density at radius 3 is 2.76 bits per heavy atom. The molecule has 4 nitrogen and oxygen atoms in total. The van der Waals surface area contributed by atoms with E-state index in [-0.39, 0.29) is 5.91 Å². The van der Waals surface area contributed by atoms with E-state index >= 15 is 0 Å². The molecule has 5 heteroatoms. The van der Waals surface area contributed by atoms with Gasteiger partial charge in [0.2, 0.25) is 5.91 Å². The minimum absolute atomic E-state index is 0.0679. The fraction of sp³-hybridized carbons (Fsp3) is 0.417. The monoisotopic (exact) mass is 256 g/mol. The Labute approximate surface area is 106 Å². The van der Waals surface area contributed by atoms with Gasteiger partial charge in [0, 0.05) is 19.1 Å². The van der Waals surface area contributed by atoms with Gasteiger partial charge in [-0.3, -0.25) is 10.2 Å². The summed E-state index contributed by atoms with van der Waals surface area (Å²) in [5, 5.41) is 2.29. The Hall–Kier alpha value is -1.26. The summed E-state index contributed by atoms with van der Waals surface area (Å²) >= 11 is 5.83. The van der Waals surface area contributed by atoms with Crippen LogP contribution < -0.4 is 10.2 Å². The molecule has 1 amide bonds. The molecule has 1 aromatic carbocycles. The number of hydrogen-bond donors (Lipinski definition) is 1. The maximum atomic E-state index is 11.3. The third-order valence-electron chi connectivity index (χ3n) is 2.07. The average molecular weight is 257 g/mol. The molecule has 1 N–H and O–H groups in total. The number of hydrazine groups is 1. The van der Waals surface area contributed by atoms with E-state index in [1.807, 2.05) is 19.1 Å². The van der Waals surface area contributed by atoms with Crippen LogP contribution in [0.15, 0.2) is 18.2 Å². The molecule has 0 saturated heterocycles. The van der Waals surface area contributed by atoms with E-state index in [4.69, 9.17) is 16.3 Å². The highest BCUT2D eigenvalue weighted by Gasteiger charge is 2.04. The smallest absolute Gasteiger partial charge is 0.237 e. The number of carbonyl (C=O) groups excluding carboxylic acids is 1. The standard InChI is InChI=1S/C12H17ClN2O2/c1-9-8-10(13)4-5-11(9)17-7-6-12(16)14-15(2)3/h4-5,8H,6-7H2,1-3H3,(H,14,16). The van der Waals surface area contributed by atoms with E-state index in [0.29, 0.717) is 18.1 Å². The van der Waals surface area contributed by atoms with Gasteiger partial charge in [-0.05, 0) is 30.7 Å². The molecule has 0 unspecified atom stereocenters. The Kier molecular flexibility index (Phi) is 5.25. The fourth-order valence-corrected chi connectivity index (χ4v) is 1.56. The van der Waals surface area contributed by atoms with Crippen molar-refractivity contribution in [1.82, 2.24) is 10.4 Å². The third-order valence-corrected chi connectivity index (χ3v) is 2.31. The molecule has 17 heavy (non-hydrogen) atoms. The Morgan fingerprint density at radius 2 is 2.18 bits per heavy atom. The lowest BCUT2D eigenvalue weighted by Gasteiger charge is -2.12. The number of halogens is 1. The van der Waals surface area contributed by atoms with Crippen LogP contribution in [0.25, 0.3) is 0 Å². The minimum Gasteiger partial charge on any atom is -0.493 e. The van der Waals surface area contributed by atoms with Crippen LogP contribution in [-0.4, -0.2) is 31.6 Å². The van der Waals surface area contributed by atoms with Crippen molar-refractivity contribution in [3.8, 4) is 5.75 Å². The van der Waals surface area contributed by atoms with Crippen LogP contribution in [-0.2, 0) is 4.79 Å². The van der Waals surface area contributed by atoms with Crippen molar-refractivity contribution >= 4 is 17.5 Å². The predicted molar refractivity (Wildman–Crippen MR) is 68.1 cm³/mol. The van der Waals surface area contributed by atoms with Crippen LogP contribution >= 0.6 is 11.6 Å². The summed E-state index contributed by atoms with van der Waals surface area (Å²) in [5.74, 6) is 0.689. The Morgan fingerprint density at radius 1 is 1.47 bits per heavy atom. The largest absolute Gasteiger partial charge is 0.493 e. The van der Waals surface area contributed by atoms with E-state index in [1.54, 1.807) is 25.2 Å². The van der Waals surface area contributed by atoms with Crippen LogP contribution in [0.1, 0.15) is 12.0 Å². The van der Waals surface area contributed by atoms with Crippen molar-refractivity contribution in [2.75, 3.05) is 20.7 Å². The number of amides is 1. The predicted octanol–water partition coefficient (Wildman–Crippen LogP) is 2.01. The average Bonchev–Trinajstić information content (AvgIpc) is 2.20. The lowest BCUT2D eigenvalue weighted by Crippen LogP contribution is -2.36. The van der Waals surface area contributed by atoms with E-state index in [1.165, 1.54) is 0 Å². The van der Waals surface area contributed by atoms with Gasteiger partial charge < -0.3 is 4.74 Å². The van der Waals surface area contributed by atoms with Gasteiger partial charge in [-0.25, -0.2) is 5.01 Å². The Bertz CT molecular complexity index is 394. The molecule has 0 spiro atoms. The first-order chi connectivity index (χ1) is 7.99. The van der Waals surface area contributed by atoms with Gasteiger partial charge in [0.1, 0.15) is 5.75 Å². The number of nitrogens with one attached hydrogen (secondary N) is 1. The maximum Gasteiger partial charge on any atom is 0.237 e. The highest BCUT2D eigenvalue weighted by Crippen LogP contribution is 2.21. The van der Waals surface area contributed by atoms with E-state index in [0.717, 1.165) is 11.3 Å². The molecule has 0 aliphatic carbocycles. The van der Waals surface area contributed by atoms with Crippen LogP contribution in [0.2, 0.25) is 5.02 Å². The normalized spacial score (nSPS) is 10.4. The molecule has 0 atom stereocenters. The fourth-order valence-electron chi connectivity index (χ4n) is 1.33. The Balaban J connectivity index is 2.38. The number of carbonyl (C=O) groups is 1. The van der Waals surface area contributed by atoms with Crippen molar-refractivity contribution in [2.24, 2.45) is 0 Å². The summed E-state index contributed by atoms with van der Waals surface area (Å²) in [5.41, 5.74) is 3.61. The number of ether oxygens (including phenoxy) is 1. The molecule has 0 aliphatic rings. The molecule has 0 saturated carbocycles. The molecule has 0 heterocycles. The first kappa shape index (κ1) is 13.8. The number of aryl methyl sites for hydroxylation is 1. The van der Waals surface area contributed by atoms with Gasteiger partial charge >= 0.3 is 0 Å². The lowest BCUT2D eigenvalue weighted by molar-refractivity contribution is -0.125. The SMILES string of the molecule is Cc1cc(Cl)ccc1OCCC(=O)NN(C)C. The van der Waals surface area contributed by atoms with Gasteiger partial charge in [0.25, 0.3) is 0 Å². The molecule has 0 aromatic heterocycles. The zero-order valence-electron chi connectivity index (χ0n) is 10.3. The van der Waals surface area contributed by atoms with Crippen molar-refractivity contribution in [2.45, 2.75) is 13.3 Å². The molecule has 94 valence electrons. The second-order valence-corrected chi connectivity index (χ2v) is 4.37. The molecule has 0 fully saturated rings. The lowest BCUT2D eigenvalue weighted by atomic mass is 10.2. The topological polar surface area (TPSA) is 41.6 Å². The summed E-state index contributed by atoms with van der Waals surface area (Å²) in [6, 6.07) is 5.40. The van der Waals surface area contributed by atoms with Gasteiger partial charge in [-0.15, -0.1) is 0 Å². The van der Waals surface area contributed by atoms with Gasteiger partial charge in [-0.1, -0.05) is 11.6 Å². The zero-order valence-corrected chi connectivity index (χ0v) is 11.0. The maximum absolute atomic E-state index is 11.3.